The second-order valence-electron chi connectivity index (χ2n) is 5.95. The third-order valence-corrected chi connectivity index (χ3v) is 4.57. The van der Waals surface area contributed by atoms with E-state index in [0.29, 0.717) is 34.5 Å². The van der Waals surface area contributed by atoms with Crippen molar-refractivity contribution in [3.63, 3.8) is 0 Å². The van der Waals surface area contributed by atoms with Crippen LogP contribution >= 0.6 is 23.2 Å². The van der Waals surface area contributed by atoms with Crippen LogP contribution in [0.5, 0.6) is 11.5 Å². The van der Waals surface area contributed by atoms with Crippen molar-refractivity contribution < 1.29 is 18.7 Å². The van der Waals surface area contributed by atoms with Gasteiger partial charge in [-0.1, -0.05) is 41.4 Å². The van der Waals surface area contributed by atoms with E-state index in [4.69, 9.17) is 37.1 Å². The molecule has 5 nitrogen and oxygen atoms in total. The van der Waals surface area contributed by atoms with E-state index in [-0.39, 0.29) is 18.3 Å². The largest absolute Gasteiger partial charge is 0.496 e. The molecule has 0 aliphatic rings. The van der Waals surface area contributed by atoms with Crippen molar-refractivity contribution >= 4 is 29.1 Å². The number of halogens is 2. The molecule has 0 aliphatic carbocycles. The highest BCUT2D eigenvalue weighted by atomic mass is 35.5. The predicted octanol–water partition coefficient (Wildman–Crippen LogP) is 5.15. The summed E-state index contributed by atoms with van der Waals surface area (Å²) in [5.74, 6) is 1.69. The summed E-state index contributed by atoms with van der Waals surface area (Å²) in [4.78, 5) is 12.3. The van der Waals surface area contributed by atoms with Gasteiger partial charge in [-0.3, -0.25) is 4.79 Å². The average molecular weight is 420 g/mol. The van der Waals surface area contributed by atoms with Gasteiger partial charge in [-0.25, -0.2) is 0 Å². The molecule has 0 unspecified atom stereocenters. The van der Waals surface area contributed by atoms with Gasteiger partial charge in [-0.2, -0.15) is 0 Å². The Morgan fingerprint density at radius 1 is 1.07 bits per heavy atom. The number of hydrogen-bond donors (Lipinski definition) is 1. The van der Waals surface area contributed by atoms with Crippen LogP contribution in [0.25, 0.3) is 0 Å². The summed E-state index contributed by atoms with van der Waals surface area (Å²) < 4.78 is 16.5. The molecule has 0 aliphatic heterocycles. The van der Waals surface area contributed by atoms with Gasteiger partial charge >= 0.3 is 0 Å². The summed E-state index contributed by atoms with van der Waals surface area (Å²) in [6.45, 7) is 0.596. The van der Waals surface area contributed by atoms with Crippen molar-refractivity contribution in [2.75, 3.05) is 13.7 Å². The normalized spacial score (nSPS) is 10.5. The second-order valence-corrected chi connectivity index (χ2v) is 6.79. The first-order valence-corrected chi connectivity index (χ1v) is 9.39. The van der Waals surface area contributed by atoms with Crippen molar-refractivity contribution in [3.8, 4) is 11.5 Å². The molecular weight excluding hydrogens is 401 g/mol. The summed E-state index contributed by atoms with van der Waals surface area (Å²) in [6.07, 6.45) is 0.652. The van der Waals surface area contributed by atoms with E-state index in [2.05, 4.69) is 5.32 Å². The number of benzene rings is 2. The zero-order chi connectivity index (χ0) is 19.9. The molecule has 1 amide bonds. The zero-order valence-electron chi connectivity index (χ0n) is 15.2. The van der Waals surface area contributed by atoms with Gasteiger partial charge in [0.05, 0.1) is 12.1 Å². The minimum Gasteiger partial charge on any atom is -0.496 e. The molecule has 0 bridgehead atoms. The van der Waals surface area contributed by atoms with Gasteiger partial charge in [0.2, 0.25) is 0 Å². The van der Waals surface area contributed by atoms with E-state index in [1.165, 1.54) is 0 Å². The van der Waals surface area contributed by atoms with Gasteiger partial charge in [0, 0.05) is 17.6 Å². The lowest BCUT2D eigenvalue weighted by atomic mass is 10.1. The number of amides is 1. The molecule has 0 saturated carbocycles. The molecule has 0 fully saturated rings. The first-order chi connectivity index (χ1) is 13.6. The van der Waals surface area contributed by atoms with Gasteiger partial charge in [-0.05, 0) is 42.3 Å². The molecule has 0 spiro atoms. The minimum atomic E-state index is -0.290. The Morgan fingerprint density at radius 2 is 1.89 bits per heavy atom. The van der Waals surface area contributed by atoms with Gasteiger partial charge < -0.3 is 19.2 Å². The van der Waals surface area contributed by atoms with Crippen molar-refractivity contribution in [2.45, 2.75) is 13.0 Å². The van der Waals surface area contributed by atoms with Crippen LogP contribution in [0.4, 0.5) is 0 Å². The van der Waals surface area contributed by atoms with Crippen molar-refractivity contribution in [1.29, 1.82) is 0 Å². The second kappa shape index (κ2) is 9.53. The molecule has 3 aromatic rings. The van der Waals surface area contributed by atoms with E-state index in [9.17, 15) is 4.79 Å². The van der Waals surface area contributed by atoms with Gasteiger partial charge in [-0.15, -0.1) is 0 Å². The fourth-order valence-electron chi connectivity index (χ4n) is 2.62. The Morgan fingerprint density at radius 3 is 2.71 bits per heavy atom. The Labute approximate surface area is 173 Å². The highest BCUT2D eigenvalue weighted by molar-refractivity contribution is 6.34. The number of nitrogens with one attached hydrogen (secondary N) is 1. The molecule has 0 atom stereocenters. The highest BCUT2D eigenvalue weighted by Crippen LogP contribution is 2.28. The number of carbonyl (C=O) groups is 1. The summed E-state index contributed by atoms with van der Waals surface area (Å²) in [5.41, 5.74) is 1.03. The summed E-state index contributed by atoms with van der Waals surface area (Å²) in [7, 11) is 1.63. The molecule has 146 valence electrons. The molecule has 1 N–H and O–H groups in total. The molecule has 7 heteroatoms. The van der Waals surface area contributed by atoms with Crippen LogP contribution in [0.3, 0.4) is 0 Å². The van der Waals surface area contributed by atoms with Crippen LogP contribution in [0.15, 0.2) is 59.0 Å². The SMILES string of the molecule is COc1ccccc1CCNC(=O)c1ccc(COc2cc(Cl)ccc2Cl)o1. The Hall–Kier alpha value is -2.63. The average Bonchev–Trinajstić information content (AvgIpc) is 3.18. The Kier molecular flexibility index (Phi) is 6.85. The van der Waals surface area contributed by atoms with Crippen molar-refractivity contribution in [1.82, 2.24) is 5.32 Å². The number of methoxy groups -OCH3 is 1. The summed E-state index contributed by atoms with van der Waals surface area (Å²) in [5, 5.41) is 3.81. The molecule has 3 rings (SSSR count). The molecule has 0 radical (unpaired) electrons. The third kappa shape index (κ3) is 5.21. The summed E-state index contributed by atoms with van der Waals surface area (Å²) in [6, 6.07) is 16.0. The molecular formula is C21H19Cl2NO4. The lowest BCUT2D eigenvalue weighted by Crippen LogP contribution is -2.25. The van der Waals surface area contributed by atoms with E-state index in [1.54, 1.807) is 37.4 Å². The first kappa shape index (κ1) is 20.1. The highest BCUT2D eigenvalue weighted by Gasteiger charge is 2.12. The maximum Gasteiger partial charge on any atom is 0.287 e. The van der Waals surface area contributed by atoms with E-state index in [0.717, 1.165) is 11.3 Å². The number of furan rings is 1. The lowest BCUT2D eigenvalue weighted by Gasteiger charge is -2.08. The quantitative estimate of drug-likeness (QED) is 0.548. The molecule has 1 heterocycles. The maximum atomic E-state index is 12.3. The van der Waals surface area contributed by atoms with E-state index >= 15 is 0 Å². The van der Waals surface area contributed by atoms with Crippen molar-refractivity contribution in [2.24, 2.45) is 0 Å². The minimum absolute atomic E-state index is 0.133. The fourth-order valence-corrected chi connectivity index (χ4v) is 2.96. The Balaban J connectivity index is 1.51. The van der Waals surface area contributed by atoms with Crippen LogP contribution in [0, 0.1) is 0 Å². The number of ether oxygens (including phenoxy) is 2. The molecule has 2 aromatic carbocycles. The van der Waals surface area contributed by atoms with Crippen LogP contribution in [0.2, 0.25) is 10.0 Å². The summed E-state index contributed by atoms with van der Waals surface area (Å²) >= 11 is 12.0. The number of para-hydroxylation sites is 1. The monoisotopic (exact) mass is 419 g/mol. The fraction of sp³-hybridized carbons (Fsp3) is 0.190. The van der Waals surface area contributed by atoms with Gasteiger partial charge in [0.1, 0.15) is 23.9 Å². The lowest BCUT2D eigenvalue weighted by molar-refractivity contribution is 0.0922. The van der Waals surface area contributed by atoms with Crippen molar-refractivity contribution in [3.05, 3.63) is 81.7 Å². The standard InChI is InChI=1S/C21H19Cl2NO4/c1-26-18-5-3-2-4-14(18)10-11-24-21(25)19-9-7-16(28-19)13-27-20-12-15(22)6-8-17(20)23/h2-9,12H,10-11,13H2,1H3,(H,24,25). The zero-order valence-corrected chi connectivity index (χ0v) is 16.7. The van der Waals surface area contributed by atoms with E-state index < -0.39 is 0 Å². The third-order valence-electron chi connectivity index (χ3n) is 4.02. The van der Waals surface area contributed by atoms with Gasteiger partial charge in [0.15, 0.2) is 5.76 Å². The Bertz CT molecular complexity index is 955. The number of rotatable bonds is 8. The maximum absolute atomic E-state index is 12.3. The van der Waals surface area contributed by atoms with Crippen LogP contribution in [0.1, 0.15) is 21.9 Å². The number of hydrogen-bond acceptors (Lipinski definition) is 4. The van der Waals surface area contributed by atoms with Crippen LogP contribution < -0.4 is 14.8 Å². The van der Waals surface area contributed by atoms with Crippen LogP contribution in [-0.4, -0.2) is 19.6 Å². The van der Waals surface area contributed by atoms with E-state index in [1.807, 2.05) is 24.3 Å². The molecule has 0 saturated heterocycles. The number of carbonyl (C=O) groups excluding carboxylic acids is 1. The molecule has 1 aromatic heterocycles. The topological polar surface area (TPSA) is 60.7 Å². The van der Waals surface area contributed by atoms with Crippen LogP contribution in [-0.2, 0) is 13.0 Å². The van der Waals surface area contributed by atoms with Gasteiger partial charge in [0.25, 0.3) is 5.91 Å². The smallest absolute Gasteiger partial charge is 0.287 e. The first-order valence-electron chi connectivity index (χ1n) is 8.63. The predicted molar refractivity (Wildman–Crippen MR) is 109 cm³/mol. The molecule has 28 heavy (non-hydrogen) atoms.